The summed E-state index contributed by atoms with van der Waals surface area (Å²) in [4.78, 5) is 0. The van der Waals surface area contributed by atoms with E-state index in [-0.39, 0.29) is 19.8 Å². The number of hydrogen-bond acceptors (Lipinski definition) is 7. The van der Waals surface area contributed by atoms with Crippen LogP contribution in [0.4, 0.5) is 0 Å². The van der Waals surface area contributed by atoms with Crippen molar-refractivity contribution in [1.29, 1.82) is 0 Å². The van der Waals surface area contributed by atoms with Crippen LogP contribution in [0.25, 0.3) is 0 Å². The van der Waals surface area contributed by atoms with Gasteiger partial charge < -0.3 is 0 Å². The van der Waals surface area contributed by atoms with Gasteiger partial charge in [-0.25, -0.2) is 9.13 Å². The molecule has 0 amide bonds. The second kappa shape index (κ2) is 26.1. The third-order valence-electron chi connectivity index (χ3n) is 11.8. The Balaban J connectivity index is 1.30. The van der Waals surface area contributed by atoms with E-state index in [0.717, 1.165) is 38.5 Å². The van der Waals surface area contributed by atoms with Gasteiger partial charge in [0.05, 0.1) is 30.8 Å². The summed E-state index contributed by atoms with van der Waals surface area (Å²) in [5.41, 5.74) is -1.32. The van der Waals surface area contributed by atoms with Gasteiger partial charge in [0, 0.05) is 0 Å². The highest BCUT2D eigenvalue weighted by atomic mass is 31.3. The molecule has 0 aliphatic carbocycles. The van der Waals surface area contributed by atoms with Crippen LogP contribution in [0.3, 0.4) is 0 Å². The summed E-state index contributed by atoms with van der Waals surface area (Å²) in [6, 6.07) is 0. The first-order valence-corrected chi connectivity index (χ1v) is 24.9. The van der Waals surface area contributed by atoms with Gasteiger partial charge in [0.1, 0.15) is 0 Å². The van der Waals surface area contributed by atoms with Crippen molar-refractivity contribution in [2.75, 3.05) is 19.8 Å². The molecule has 1 spiro atoms. The number of unbranched alkanes of at least 4 members (excludes halogenated alkanes) is 30. The minimum atomic E-state index is -4.03. The molecule has 0 aromatic carbocycles. The minimum Gasteiger partial charge on any atom is -0.286 e. The third kappa shape index (κ3) is 16.7. The van der Waals surface area contributed by atoms with Gasteiger partial charge in [0.25, 0.3) is 0 Å². The van der Waals surface area contributed by atoms with Gasteiger partial charge in [0.2, 0.25) is 0 Å². The summed E-state index contributed by atoms with van der Waals surface area (Å²) < 4.78 is 55.2. The summed E-state index contributed by atoms with van der Waals surface area (Å²) in [5.74, 6) is 0. The maximum Gasteiger partial charge on any atom is 0.484 e. The van der Waals surface area contributed by atoms with Gasteiger partial charge in [-0.1, -0.05) is 219 Å². The van der Waals surface area contributed by atoms with Crippen LogP contribution in [-0.4, -0.2) is 25.4 Å². The van der Waals surface area contributed by atoms with Crippen molar-refractivity contribution in [2.45, 2.75) is 238 Å². The molecule has 6 aliphatic rings. The molecule has 1 unspecified atom stereocenters. The Morgan fingerprint density at radius 1 is 0.380 bits per heavy atom. The first kappa shape index (κ1) is 44.7. The van der Waals surface area contributed by atoms with E-state index in [4.69, 9.17) is 22.4 Å². The average Bonchev–Trinajstić information content (AvgIpc) is 3.10. The molecule has 6 saturated heterocycles. The van der Waals surface area contributed by atoms with Crippen molar-refractivity contribution >= 4 is 15.6 Å². The fourth-order valence-corrected chi connectivity index (χ4v) is 12.2. The van der Waals surface area contributed by atoms with Crippen molar-refractivity contribution in [2.24, 2.45) is 5.41 Å². The Bertz CT molecular complexity index is 888. The van der Waals surface area contributed by atoms with Gasteiger partial charge in [-0.2, -0.15) is 4.31 Å². The van der Waals surface area contributed by atoms with Crippen molar-refractivity contribution in [3.63, 3.8) is 0 Å². The lowest BCUT2D eigenvalue weighted by Crippen LogP contribution is -2.62. The largest absolute Gasteiger partial charge is 0.484 e. The van der Waals surface area contributed by atoms with Crippen LogP contribution in [0.1, 0.15) is 232 Å². The van der Waals surface area contributed by atoms with Gasteiger partial charge in [0.15, 0.2) is 0 Å². The molecule has 50 heavy (non-hydrogen) atoms. The van der Waals surface area contributed by atoms with Gasteiger partial charge >= 0.3 is 15.6 Å². The highest BCUT2D eigenvalue weighted by Gasteiger charge is 2.67. The van der Waals surface area contributed by atoms with Gasteiger partial charge in [-0.15, -0.1) is 0 Å². The normalized spacial score (nSPS) is 25.6. The molecule has 296 valence electrons. The minimum absolute atomic E-state index is 0.196. The van der Waals surface area contributed by atoms with Gasteiger partial charge in [-0.05, 0) is 12.8 Å². The van der Waals surface area contributed by atoms with E-state index in [9.17, 15) is 9.13 Å². The summed E-state index contributed by atoms with van der Waals surface area (Å²) in [5, 5.41) is 0. The Morgan fingerprint density at radius 3 is 0.940 bits per heavy atom. The molecule has 0 saturated carbocycles. The van der Waals surface area contributed by atoms with E-state index in [1.807, 2.05) is 0 Å². The Kier molecular flexibility index (Phi) is 23.3. The highest BCUT2D eigenvalue weighted by molar-refractivity contribution is 7.62. The molecule has 7 nitrogen and oxygen atoms in total. The summed E-state index contributed by atoms with van der Waals surface area (Å²) in [6.07, 6.45) is 44.1. The van der Waals surface area contributed by atoms with Crippen molar-refractivity contribution in [3.8, 4) is 0 Å². The van der Waals surface area contributed by atoms with E-state index >= 15 is 0 Å². The number of phosphoric acid groups is 2. The predicted octanol–water partition coefficient (Wildman–Crippen LogP) is 15.4. The lowest BCUT2D eigenvalue weighted by molar-refractivity contribution is -0.207. The maximum atomic E-state index is 13.6. The van der Waals surface area contributed by atoms with Crippen molar-refractivity contribution < 1.29 is 31.5 Å². The zero-order chi connectivity index (χ0) is 35.7. The topological polar surface area (TPSA) is 80.3 Å². The fraction of sp³-hybridized carbons (Fsp3) is 1.00. The monoisotopic (exact) mass is 747 g/mol. The molecule has 0 aromatic heterocycles. The molecule has 6 aliphatic heterocycles. The summed E-state index contributed by atoms with van der Waals surface area (Å²) in [6.45, 7) is 5.16. The number of phosphoric ester groups is 2. The van der Waals surface area contributed by atoms with Crippen LogP contribution in [-0.2, 0) is 31.5 Å². The lowest BCUT2D eigenvalue weighted by Gasteiger charge is -2.57. The Labute approximate surface area is 309 Å². The molecule has 0 radical (unpaired) electrons. The lowest BCUT2D eigenvalue weighted by atomic mass is 9.68. The van der Waals surface area contributed by atoms with Crippen LogP contribution >= 0.6 is 15.6 Å². The third-order valence-corrected chi connectivity index (χ3v) is 15.3. The molecule has 0 N–H and O–H groups in total. The predicted molar refractivity (Wildman–Crippen MR) is 209 cm³/mol. The van der Waals surface area contributed by atoms with E-state index in [1.54, 1.807) is 0 Å². The fourth-order valence-electron chi connectivity index (χ4n) is 8.38. The molecule has 1 atom stereocenters. The Hall–Kier alpha value is 0.260. The van der Waals surface area contributed by atoms with Gasteiger partial charge in [-0.3, -0.25) is 18.1 Å². The van der Waals surface area contributed by atoms with E-state index in [0.29, 0.717) is 0 Å². The Morgan fingerprint density at radius 2 is 0.640 bits per heavy atom. The summed E-state index contributed by atoms with van der Waals surface area (Å²) in [7, 11) is -7.94. The SMILES string of the molecule is CCCCCCCCCCCCCCCCCCC1(CCCCCCCCCCCCCCCCCC)OP2(=O)OCC13COP(=O)(OC3)O2. The first-order valence-electron chi connectivity index (χ1n) is 22.0. The average molecular weight is 747 g/mol. The molecule has 6 rings (SSSR count). The molecular formula is C41H80O7P2. The van der Waals surface area contributed by atoms with Crippen LogP contribution in [0.5, 0.6) is 0 Å². The standard InChI is InChI=1S/C41H80O7P2/c1-3-5-7-9-11-13-15-17-19-21-23-25-27-29-31-33-35-41(40-37-44-49(42,45-38-40)48-50(43,47-41)46-39-40)36-34-32-30-28-26-24-22-20-18-16-14-12-10-8-6-4-2/h3-39H2,1-2H3. The second-order valence-corrected chi connectivity index (χ2v) is 19.7. The molecule has 3 bridgehead atoms. The number of hydrogen-bond donors (Lipinski definition) is 0. The summed E-state index contributed by atoms with van der Waals surface area (Å²) >= 11 is 0. The van der Waals surface area contributed by atoms with Crippen LogP contribution in [0.2, 0.25) is 0 Å². The molecule has 0 aromatic rings. The zero-order valence-electron chi connectivity index (χ0n) is 32.9. The molecule has 9 heteroatoms. The zero-order valence-corrected chi connectivity index (χ0v) is 34.7. The van der Waals surface area contributed by atoms with Crippen LogP contribution in [0.15, 0.2) is 0 Å². The van der Waals surface area contributed by atoms with E-state index in [2.05, 4.69) is 13.8 Å². The molecular weight excluding hydrogens is 666 g/mol. The smallest absolute Gasteiger partial charge is 0.286 e. The van der Waals surface area contributed by atoms with Crippen molar-refractivity contribution in [1.82, 2.24) is 0 Å². The quantitative estimate of drug-likeness (QED) is 0.0479. The molecule has 6 heterocycles. The van der Waals surface area contributed by atoms with Crippen molar-refractivity contribution in [3.05, 3.63) is 0 Å². The van der Waals surface area contributed by atoms with E-state index in [1.165, 1.54) is 180 Å². The van der Waals surface area contributed by atoms with E-state index < -0.39 is 26.7 Å². The van der Waals surface area contributed by atoms with Crippen LogP contribution in [0, 0.1) is 5.41 Å². The first-order chi connectivity index (χ1) is 24.4. The highest BCUT2D eigenvalue weighted by Crippen LogP contribution is 2.77. The molecule has 6 fully saturated rings. The number of rotatable bonds is 34. The maximum absolute atomic E-state index is 13.6. The second-order valence-electron chi connectivity index (χ2n) is 16.3. The van der Waals surface area contributed by atoms with Crippen LogP contribution < -0.4 is 0 Å².